The largest absolute Gasteiger partial charge is 0.348 e. The van der Waals surface area contributed by atoms with Crippen molar-refractivity contribution in [3.05, 3.63) is 30.0 Å². The Labute approximate surface area is 117 Å². The number of nitrogens with one attached hydrogen (secondary N) is 2. The van der Waals surface area contributed by atoms with E-state index in [1.165, 1.54) is 25.9 Å². The number of carbonyl (C=O) groups is 1. The van der Waals surface area contributed by atoms with E-state index in [2.05, 4.69) is 20.4 Å². The maximum atomic E-state index is 12.5. The zero-order chi connectivity index (χ0) is 13.5. The van der Waals surface area contributed by atoms with Crippen molar-refractivity contribution in [1.29, 1.82) is 0 Å². The fraction of sp³-hybridized carbons (Fsp3) is 0.467. The minimum Gasteiger partial charge on any atom is -0.348 e. The van der Waals surface area contributed by atoms with Crippen LogP contribution in [0.25, 0.3) is 10.9 Å². The molecule has 3 fully saturated rings. The number of nitrogens with zero attached hydrogens (tertiary/aromatic N) is 2. The average Bonchev–Trinajstić information content (AvgIpc) is 2.96. The summed E-state index contributed by atoms with van der Waals surface area (Å²) in [5.41, 5.74) is 1.52. The fourth-order valence-corrected chi connectivity index (χ4v) is 3.53. The van der Waals surface area contributed by atoms with Gasteiger partial charge in [0.25, 0.3) is 5.91 Å². The van der Waals surface area contributed by atoms with Crippen LogP contribution in [0.5, 0.6) is 0 Å². The van der Waals surface area contributed by atoms with Gasteiger partial charge in [-0.25, -0.2) is 0 Å². The lowest BCUT2D eigenvalue weighted by Gasteiger charge is -2.44. The molecule has 3 aliphatic rings. The molecule has 3 aliphatic heterocycles. The van der Waals surface area contributed by atoms with Gasteiger partial charge < -0.3 is 10.2 Å². The maximum absolute atomic E-state index is 12.5. The van der Waals surface area contributed by atoms with Crippen LogP contribution in [0.2, 0.25) is 0 Å². The first-order valence-electron chi connectivity index (χ1n) is 7.26. The van der Waals surface area contributed by atoms with Crippen LogP contribution in [0.4, 0.5) is 0 Å². The van der Waals surface area contributed by atoms with E-state index in [0.717, 1.165) is 17.4 Å². The second kappa shape index (κ2) is 4.59. The van der Waals surface area contributed by atoms with Gasteiger partial charge in [0.15, 0.2) is 0 Å². The fourth-order valence-electron chi connectivity index (χ4n) is 3.53. The molecule has 1 aromatic heterocycles. The standard InChI is InChI=1S/C15H18N4O/c20-15(12-3-1-2-11-8-16-18-14(11)12)17-13-9-19-6-4-10(13)5-7-19/h1-3,8,10,13H,4-7,9H2,(H,16,18)(H,17,20)/t13-/m0/s1. The van der Waals surface area contributed by atoms with E-state index in [1.54, 1.807) is 6.20 Å². The Morgan fingerprint density at radius 3 is 2.95 bits per heavy atom. The highest BCUT2D eigenvalue weighted by Crippen LogP contribution is 2.28. The Hall–Kier alpha value is -1.88. The first-order chi connectivity index (χ1) is 9.81. The third-order valence-corrected chi connectivity index (χ3v) is 4.69. The molecule has 5 rings (SSSR count). The van der Waals surface area contributed by atoms with Crippen LogP contribution in [0, 0.1) is 5.92 Å². The molecule has 1 amide bonds. The summed E-state index contributed by atoms with van der Waals surface area (Å²) in [7, 11) is 0. The number of hydrogen-bond acceptors (Lipinski definition) is 3. The molecule has 104 valence electrons. The predicted octanol–water partition coefficient (Wildman–Crippen LogP) is 1.39. The molecular formula is C15H18N4O. The molecule has 5 nitrogen and oxygen atoms in total. The van der Waals surface area contributed by atoms with Crippen molar-refractivity contribution < 1.29 is 4.79 Å². The molecule has 2 aromatic rings. The van der Waals surface area contributed by atoms with Gasteiger partial charge >= 0.3 is 0 Å². The third-order valence-electron chi connectivity index (χ3n) is 4.69. The Kier molecular flexibility index (Phi) is 2.73. The summed E-state index contributed by atoms with van der Waals surface area (Å²) < 4.78 is 0. The molecule has 0 aliphatic carbocycles. The Morgan fingerprint density at radius 2 is 2.20 bits per heavy atom. The topological polar surface area (TPSA) is 61.0 Å². The van der Waals surface area contributed by atoms with Gasteiger partial charge in [0.2, 0.25) is 0 Å². The van der Waals surface area contributed by atoms with E-state index in [9.17, 15) is 4.79 Å². The van der Waals surface area contributed by atoms with Crippen LogP contribution >= 0.6 is 0 Å². The summed E-state index contributed by atoms with van der Waals surface area (Å²) in [4.78, 5) is 15.0. The SMILES string of the molecule is O=C(N[C@H]1CN2CCC1CC2)c1cccc2cn[nH]c12. The average molecular weight is 270 g/mol. The molecule has 4 heterocycles. The van der Waals surface area contributed by atoms with Gasteiger partial charge in [0.05, 0.1) is 17.3 Å². The van der Waals surface area contributed by atoms with Gasteiger partial charge in [-0.15, -0.1) is 0 Å². The first-order valence-corrected chi connectivity index (χ1v) is 7.26. The monoisotopic (exact) mass is 270 g/mol. The van der Waals surface area contributed by atoms with Crippen LogP contribution in [0.1, 0.15) is 23.2 Å². The number of H-pyrrole nitrogens is 1. The minimum atomic E-state index is 0.0126. The summed E-state index contributed by atoms with van der Waals surface area (Å²) in [5, 5.41) is 11.1. The summed E-state index contributed by atoms with van der Waals surface area (Å²) in [6.07, 6.45) is 4.17. The van der Waals surface area contributed by atoms with E-state index < -0.39 is 0 Å². The van der Waals surface area contributed by atoms with Gasteiger partial charge in [0.1, 0.15) is 0 Å². The minimum absolute atomic E-state index is 0.0126. The van der Waals surface area contributed by atoms with Gasteiger partial charge in [-0.2, -0.15) is 5.10 Å². The molecule has 0 unspecified atom stereocenters. The molecule has 5 heteroatoms. The van der Waals surface area contributed by atoms with Crippen molar-refractivity contribution in [2.75, 3.05) is 19.6 Å². The normalized spacial score (nSPS) is 28.7. The van der Waals surface area contributed by atoms with Crippen molar-refractivity contribution >= 4 is 16.8 Å². The molecule has 0 radical (unpaired) electrons. The van der Waals surface area contributed by atoms with Gasteiger partial charge in [-0.3, -0.25) is 9.89 Å². The summed E-state index contributed by atoms with van der Waals surface area (Å²) in [6, 6.07) is 6.02. The lowest BCUT2D eigenvalue weighted by molar-refractivity contribution is 0.0621. The van der Waals surface area contributed by atoms with Crippen molar-refractivity contribution in [3.63, 3.8) is 0 Å². The Bertz CT molecular complexity index is 642. The van der Waals surface area contributed by atoms with Crippen molar-refractivity contribution in [2.45, 2.75) is 18.9 Å². The number of amides is 1. The van der Waals surface area contributed by atoms with Crippen LogP contribution in [0.3, 0.4) is 0 Å². The first kappa shape index (κ1) is 11.9. The summed E-state index contributed by atoms with van der Waals surface area (Å²) in [5.74, 6) is 0.656. The van der Waals surface area contributed by atoms with Crippen LogP contribution in [-0.2, 0) is 0 Å². The number of aromatic nitrogens is 2. The number of para-hydroxylation sites is 1. The summed E-state index contributed by atoms with van der Waals surface area (Å²) in [6.45, 7) is 3.37. The highest BCUT2D eigenvalue weighted by molar-refractivity contribution is 6.05. The number of piperidine rings is 3. The number of rotatable bonds is 2. The van der Waals surface area contributed by atoms with E-state index in [1.807, 2.05) is 18.2 Å². The second-order valence-electron chi connectivity index (χ2n) is 5.86. The van der Waals surface area contributed by atoms with E-state index in [-0.39, 0.29) is 5.91 Å². The number of aromatic amines is 1. The smallest absolute Gasteiger partial charge is 0.253 e. The maximum Gasteiger partial charge on any atom is 0.253 e. The number of carbonyl (C=O) groups excluding carboxylic acids is 1. The van der Waals surface area contributed by atoms with E-state index in [0.29, 0.717) is 17.5 Å². The molecule has 1 atom stereocenters. The van der Waals surface area contributed by atoms with Crippen molar-refractivity contribution in [1.82, 2.24) is 20.4 Å². The van der Waals surface area contributed by atoms with Gasteiger partial charge in [0, 0.05) is 18.0 Å². The highest BCUT2D eigenvalue weighted by atomic mass is 16.1. The zero-order valence-corrected chi connectivity index (χ0v) is 11.3. The van der Waals surface area contributed by atoms with E-state index in [4.69, 9.17) is 0 Å². The van der Waals surface area contributed by atoms with Crippen LogP contribution in [0.15, 0.2) is 24.4 Å². The number of benzene rings is 1. The molecule has 0 spiro atoms. The quantitative estimate of drug-likeness (QED) is 0.867. The van der Waals surface area contributed by atoms with Crippen LogP contribution < -0.4 is 5.32 Å². The molecule has 20 heavy (non-hydrogen) atoms. The van der Waals surface area contributed by atoms with Gasteiger partial charge in [-0.1, -0.05) is 12.1 Å². The van der Waals surface area contributed by atoms with Gasteiger partial charge in [-0.05, 0) is 37.9 Å². The Balaban J connectivity index is 1.57. The number of hydrogen-bond donors (Lipinski definition) is 2. The molecule has 1 aromatic carbocycles. The molecule has 0 saturated carbocycles. The zero-order valence-electron chi connectivity index (χ0n) is 11.3. The molecular weight excluding hydrogens is 252 g/mol. The van der Waals surface area contributed by atoms with Crippen LogP contribution in [-0.4, -0.2) is 46.7 Å². The molecule has 3 saturated heterocycles. The van der Waals surface area contributed by atoms with Crippen molar-refractivity contribution in [3.8, 4) is 0 Å². The Morgan fingerprint density at radius 1 is 1.35 bits per heavy atom. The number of fused-ring (bicyclic) bond motifs is 4. The highest BCUT2D eigenvalue weighted by Gasteiger charge is 2.35. The molecule has 2 bridgehead atoms. The second-order valence-corrected chi connectivity index (χ2v) is 5.86. The third kappa shape index (κ3) is 1.89. The predicted molar refractivity (Wildman–Crippen MR) is 76.5 cm³/mol. The lowest BCUT2D eigenvalue weighted by atomic mass is 9.84. The molecule has 2 N–H and O–H groups in total. The summed E-state index contributed by atoms with van der Waals surface area (Å²) >= 11 is 0. The van der Waals surface area contributed by atoms with E-state index >= 15 is 0 Å². The van der Waals surface area contributed by atoms with Crippen molar-refractivity contribution in [2.24, 2.45) is 5.92 Å². The lowest BCUT2D eigenvalue weighted by Crippen LogP contribution is -2.57.